The third-order valence-corrected chi connectivity index (χ3v) is 2.36. The SMILES string of the molecule is C=CCNc1ncnc(N2CCNCC2)n1. The molecule has 1 fully saturated rings. The quantitative estimate of drug-likeness (QED) is 0.690. The Kier molecular flexibility index (Phi) is 3.66. The van der Waals surface area contributed by atoms with Crippen LogP contribution in [0.25, 0.3) is 0 Å². The first-order chi connectivity index (χ1) is 7.90. The van der Waals surface area contributed by atoms with Gasteiger partial charge >= 0.3 is 0 Å². The summed E-state index contributed by atoms with van der Waals surface area (Å²) in [5.41, 5.74) is 0. The van der Waals surface area contributed by atoms with Crippen molar-refractivity contribution < 1.29 is 0 Å². The van der Waals surface area contributed by atoms with Gasteiger partial charge in [-0.1, -0.05) is 6.08 Å². The molecule has 0 unspecified atom stereocenters. The van der Waals surface area contributed by atoms with Crippen LogP contribution in [0.1, 0.15) is 0 Å². The largest absolute Gasteiger partial charge is 0.351 e. The van der Waals surface area contributed by atoms with E-state index < -0.39 is 0 Å². The van der Waals surface area contributed by atoms with E-state index in [0.717, 1.165) is 32.1 Å². The Morgan fingerprint density at radius 1 is 1.44 bits per heavy atom. The van der Waals surface area contributed by atoms with Gasteiger partial charge in [0.25, 0.3) is 0 Å². The lowest BCUT2D eigenvalue weighted by molar-refractivity contribution is 0.579. The van der Waals surface area contributed by atoms with Gasteiger partial charge in [-0.15, -0.1) is 6.58 Å². The Labute approximate surface area is 94.8 Å². The summed E-state index contributed by atoms with van der Waals surface area (Å²) < 4.78 is 0. The molecule has 16 heavy (non-hydrogen) atoms. The van der Waals surface area contributed by atoms with E-state index in [-0.39, 0.29) is 0 Å². The summed E-state index contributed by atoms with van der Waals surface area (Å²) in [6.45, 7) is 8.11. The topological polar surface area (TPSA) is 66.0 Å². The summed E-state index contributed by atoms with van der Waals surface area (Å²) in [4.78, 5) is 14.7. The van der Waals surface area contributed by atoms with Crippen LogP contribution in [0, 0.1) is 0 Å². The van der Waals surface area contributed by atoms with Crippen molar-refractivity contribution >= 4 is 11.9 Å². The molecular formula is C10H16N6. The molecular weight excluding hydrogens is 204 g/mol. The molecule has 2 heterocycles. The molecule has 2 N–H and O–H groups in total. The highest BCUT2D eigenvalue weighted by molar-refractivity contribution is 5.36. The Hall–Kier alpha value is -1.69. The first-order valence-electron chi connectivity index (χ1n) is 5.39. The van der Waals surface area contributed by atoms with E-state index in [1.54, 1.807) is 6.08 Å². The first kappa shape index (κ1) is 10.8. The minimum atomic E-state index is 0.600. The number of hydrogen-bond acceptors (Lipinski definition) is 6. The lowest BCUT2D eigenvalue weighted by Crippen LogP contribution is -2.44. The van der Waals surface area contributed by atoms with Gasteiger partial charge in [-0.05, 0) is 0 Å². The molecule has 6 nitrogen and oxygen atoms in total. The maximum atomic E-state index is 4.35. The first-order valence-corrected chi connectivity index (χ1v) is 5.39. The highest BCUT2D eigenvalue weighted by Gasteiger charge is 2.13. The summed E-state index contributed by atoms with van der Waals surface area (Å²) in [5, 5.41) is 6.34. The molecule has 86 valence electrons. The second-order valence-corrected chi connectivity index (χ2v) is 3.52. The van der Waals surface area contributed by atoms with Crippen LogP contribution >= 0.6 is 0 Å². The number of nitrogens with zero attached hydrogens (tertiary/aromatic N) is 4. The van der Waals surface area contributed by atoms with Gasteiger partial charge in [-0.3, -0.25) is 0 Å². The van der Waals surface area contributed by atoms with Gasteiger partial charge in [0, 0.05) is 32.7 Å². The second-order valence-electron chi connectivity index (χ2n) is 3.52. The second kappa shape index (κ2) is 5.41. The van der Waals surface area contributed by atoms with E-state index in [9.17, 15) is 0 Å². The van der Waals surface area contributed by atoms with Gasteiger partial charge in [-0.2, -0.15) is 4.98 Å². The van der Waals surface area contributed by atoms with Gasteiger partial charge < -0.3 is 15.5 Å². The molecule has 1 aliphatic rings. The predicted molar refractivity (Wildman–Crippen MR) is 63.6 cm³/mol. The van der Waals surface area contributed by atoms with Crippen molar-refractivity contribution in [3.8, 4) is 0 Å². The van der Waals surface area contributed by atoms with E-state index in [1.807, 2.05) is 0 Å². The minimum Gasteiger partial charge on any atom is -0.351 e. The molecule has 0 spiro atoms. The fourth-order valence-electron chi connectivity index (χ4n) is 1.55. The molecule has 1 aliphatic heterocycles. The van der Waals surface area contributed by atoms with E-state index in [0.29, 0.717) is 12.5 Å². The molecule has 0 bridgehead atoms. The highest BCUT2D eigenvalue weighted by Crippen LogP contribution is 2.08. The summed E-state index contributed by atoms with van der Waals surface area (Å²) in [6.07, 6.45) is 3.31. The van der Waals surface area contributed by atoms with Crippen LogP contribution in [0.5, 0.6) is 0 Å². The highest BCUT2D eigenvalue weighted by atomic mass is 15.3. The summed E-state index contributed by atoms with van der Waals surface area (Å²) in [6, 6.07) is 0. The number of nitrogens with one attached hydrogen (secondary N) is 2. The average Bonchev–Trinajstić information content (AvgIpc) is 2.38. The number of aromatic nitrogens is 3. The Bertz CT molecular complexity index is 347. The summed E-state index contributed by atoms with van der Waals surface area (Å²) in [7, 11) is 0. The van der Waals surface area contributed by atoms with Crippen LogP contribution in [0.2, 0.25) is 0 Å². The van der Waals surface area contributed by atoms with Crippen molar-refractivity contribution in [2.75, 3.05) is 42.9 Å². The van der Waals surface area contributed by atoms with Gasteiger partial charge in [0.05, 0.1) is 0 Å². The fraction of sp³-hybridized carbons (Fsp3) is 0.500. The smallest absolute Gasteiger partial charge is 0.230 e. The molecule has 2 rings (SSSR count). The lowest BCUT2D eigenvalue weighted by Gasteiger charge is -2.27. The predicted octanol–water partition coefficient (Wildman–Crippen LogP) is -0.121. The molecule has 6 heteroatoms. The maximum Gasteiger partial charge on any atom is 0.230 e. The summed E-state index contributed by atoms with van der Waals surface area (Å²) in [5.74, 6) is 1.34. The van der Waals surface area contributed by atoms with Crippen LogP contribution in [-0.2, 0) is 0 Å². The van der Waals surface area contributed by atoms with Crippen LogP contribution in [-0.4, -0.2) is 47.7 Å². The third kappa shape index (κ3) is 2.66. The van der Waals surface area contributed by atoms with Crippen molar-refractivity contribution in [3.63, 3.8) is 0 Å². The maximum absolute atomic E-state index is 4.35. The van der Waals surface area contributed by atoms with Crippen LogP contribution in [0.4, 0.5) is 11.9 Å². The van der Waals surface area contributed by atoms with E-state index in [2.05, 4.69) is 37.1 Å². The van der Waals surface area contributed by atoms with Crippen molar-refractivity contribution in [3.05, 3.63) is 19.0 Å². The van der Waals surface area contributed by atoms with Gasteiger partial charge in [-0.25, -0.2) is 9.97 Å². The zero-order valence-electron chi connectivity index (χ0n) is 9.19. The third-order valence-electron chi connectivity index (χ3n) is 2.36. The molecule has 0 atom stereocenters. The Morgan fingerprint density at radius 2 is 2.25 bits per heavy atom. The zero-order chi connectivity index (χ0) is 11.2. The molecule has 0 saturated carbocycles. The number of anilines is 2. The van der Waals surface area contributed by atoms with Crippen LogP contribution in [0.3, 0.4) is 0 Å². The standard InChI is InChI=1S/C10H16N6/c1-2-3-12-9-13-8-14-10(15-9)16-6-4-11-5-7-16/h2,8,11H,1,3-7H2,(H,12,13,14,15). The zero-order valence-corrected chi connectivity index (χ0v) is 9.19. The van der Waals surface area contributed by atoms with Gasteiger partial charge in [0.2, 0.25) is 11.9 Å². The molecule has 0 radical (unpaired) electrons. The van der Waals surface area contributed by atoms with E-state index in [4.69, 9.17) is 0 Å². The van der Waals surface area contributed by atoms with Crippen molar-refractivity contribution in [2.45, 2.75) is 0 Å². The monoisotopic (exact) mass is 220 g/mol. The normalized spacial score (nSPS) is 15.9. The summed E-state index contributed by atoms with van der Waals surface area (Å²) >= 11 is 0. The average molecular weight is 220 g/mol. The molecule has 0 aliphatic carbocycles. The van der Waals surface area contributed by atoms with Crippen molar-refractivity contribution in [2.24, 2.45) is 0 Å². The molecule has 1 aromatic rings. The molecule has 0 amide bonds. The fourth-order valence-corrected chi connectivity index (χ4v) is 1.55. The number of piperazine rings is 1. The number of hydrogen-bond donors (Lipinski definition) is 2. The Morgan fingerprint density at radius 3 is 3.00 bits per heavy atom. The molecule has 1 saturated heterocycles. The number of rotatable bonds is 4. The molecule has 1 aromatic heterocycles. The van der Waals surface area contributed by atoms with Gasteiger partial charge in [0.1, 0.15) is 6.33 Å². The Balaban J connectivity index is 2.05. The van der Waals surface area contributed by atoms with Gasteiger partial charge in [0.15, 0.2) is 0 Å². The molecule has 0 aromatic carbocycles. The van der Waals surface area contributed by atoms with Crippen molar-refractivity contribution in [1.29, 1.82) is 0 Å². The minimum absolute atomic E-state index is 0.600. The van der Waals surface area contributed by atoms with E-state index >= 15 is 0 Å². The lowest BCUT2D eigenvalue weighted by atomic mass is 10.4. The van der Waals surface area contributed by atoms with Crippen LogP contribution < -0.4 is 15.5 Å². The van der Waals surface area contributed by atoms with Crippen molar-refractivity contribution in [1.82, 2.24) is 20.3 Å². The van der Waals surface area contributed by atoms with Crippen LogP contribution in [0.15, 0.2) is 19.0 Å². The van der Waals surface area contributed by atoms with E-state index in [1.165, 1.54) is 6.33 Å².